The third-order valence-electron chi connectivity index (χ3n) is 3.24. The monoisotopic (exact) mass is 304 g/mol. The molecule has 0 saturated heterocycles. The summed E-state index contributed by atoms with van der Waals surface area (Å²) in [6.07, 6.45) is 1.29. The lowest BCUT2D eigenvalue weighted by Crippen LogP contribution is -2.30. The molecule has 0 fully saturated rings. The Morgan fingerprint density at radius 1 is 1.45 bits per heavy atom. The SMILES string of the molecule is CCC(CCO)CNS(=O)(=O)c1cc(C)c(F)c(N)c1. The zero-order valence-corrected chi connectivity index (χ0v) is 12.5. The standard InChI is InChI=1S/C13H21FN2O3S/c1-3-10(4-5-17)8-16-20(18,19)11-6-9(2)13(14)12(15)7-11/h6-7,10,16-17H,3-5,8,15H2,1-2H3. The highest BCUT2D eigenvalue weighted by atomic mass is 32.2. The summed E-state index contributed by atoms with van der Waals surface area (Å²) in [5.74, 6) is -0.538. The van der Waals surface area contributed by atoms with Crippen LogP contribution in [0.5, 0.6) is 0 Å². The zero-order valence-electron chi connectivity index (χ0n) is 11.7. The fourth-order valence-electron chi connectivity index (χ4n) is 1.86. The molecule has 1 aromatic rings. The van der Waals surface area contributed by atoms with Crippen LogP contribution in [0.2, 0.25) is 0 Å². The van der Waals surface area contributed by atoms with Crippen LogP contribution in [0.4, 0.5) is 10.1 Å². The molecule has 0 saturated carbocycles. The first-order valence-corrected chi connectivity index (χ1v) is 7.96. The molecule has 1 aromatic carbocycles. The van der Waals surface area contributed by atoms with Crippen molar-refractivity contribution in [2.45, 2.75) is 31.6 Å². The van der Waals surface area contributed by atoms with Gasteiger partial charge in [-0.05, 0) is 37.0 Å². The average molecular weight is 304 g/mol. The van der Waals surface area contributed by atoms with Gasteiger partial charge in [-0.1, -0.05) is 13.3 Å². The highest BCUT2D eigenvalue weighted by molar-refractivity contribution is 7.89. The number of sulfonamides is 1. The van der Waals surface area contributed by atoms with Crippen LogP contribution in [-0.4, -0.2) is 26.7 Å². The maximum Gasteiger partial charge on any atom is 0.240 e. The fraction of sp³-hybridized carbons (Fsp3) is 0.538. The largest absolute Gasteiger partial charge is 0.396 e. The van der Waals surface area contributed by atoms with Gasteiger partial charge in [0.05, 0.1) is 10.6 Å². The normalized spacial score (nSPS) is 13.4. The van der Waals surface area contributed by atoms with Crippen molar-refractivity contribution in [3.05, 3.63) is 23.5 Å². The molecule has 0 aliphatic carbocycles. The van der Waals surface area contributed by atoms with E-state index in [1.165, 1.54) is 13.0 Å². The smallest absolute Gasteiger partial charge is 0.240 e. The molecule has 0 aliphatic rings. The predicted molar refractivity (Wildman–Crippen MR) is 76.2 cm³/mol. The minimum absolute atomic E-state index is 0.0167. The summed E-state index contributed by atoms with van der Waals surface area (Å²) in [6, 6.07) is 2.36. The van der Waals surface area contributed by atoms with Crippen LogP contribution in [0, 0.1) is 18.7 Å². The van der Waals surface area contributed by atoms with Crippen LogP contribution in [0.3, 0.4) is 0 Å². The van der Waals surface area contributed by atoms with E-state index in [9.17, 15) is 12.8 Å². The van der Waals surface area contributed by atoms with E-state index in [-0.39, 0.29) is 35.2 Å². The van der Waals surface area contributed by atoms with Gasteiger partial charge in [0.1, 0.15) is 5.82 Å². The maximum absolute atomic E-state index is 13.4. The van der Waals surface area contributed by atoms with Crippen LogP contribution in [0.1, 0.15) is 25.3 Å². The Labute approximate surface area is 119 Å². The first-order chi connectivity index (χ1) is 9.31. The minimum Gasteiger partial charge on any atom is -0.396 e. The van der Waals surface area contributed by atoms with Gasteiger partial charge in [-0.15, -0.1) is 0 Å². The molecule has 1 unspecified atom stereocenters. The molecular weight excluding hydrogens is 283 g/mol. The van der Waals surface area contributed by atoms with Crippen molar-refractivity contribution in [1.82, 2.24) is 4.72 Å². The quantitative estimate of drug-likeness (QED) is 0.664. The number of aliphatic hydroxyl groups is 1. The van der Waals surface area contributed by atoms with Gasteiger partial charge in [0.25, 0.3) is 0 Å². The van der Waals surface area contributed by atoms with Gasteiger partial charge in [0.2, 0.25) is 10.0 Å². The first-order valence-electron chi connectivity index (χ1n) is 6.48. The Morgan fingerprint density at radius 2 is 2.10 bits per heavy atom. The molecule has 0 aromatic heterocycles. The van der Waals surface area contributed by atoms with E-state index in [2.05, 4.69) is 4.72 Å². The lowest BCUT2D eigenvalue weighted by atomic mass is 10.0. The van der Waals surface area contributed by atoms with Crippen molar-refractivity contribution in [2.24, 2.45) is 5.92 Å². The zero-order chi connectivity index (χ0) is 15.3. The topological polar surface area (TPSA) is 92.4 Å². The van der Waals surface area contributed by atoms with Crippen LogP contribution in [-0.2, 0) is 10.0 Å². The first kappa shape index (κ1) is 16.9. The highest BCUT2D eigenvalue weighted by Crippen LogP contribution is 2.21. The Hall–Kier alpha value is -1.18. The van der Waals surface area contributed by atoms with Gasteiger partial charge in [-0.25, -0.2) is 17.5 Å². The van der Waals surface area contributed by atoms with Crippen molar-refractivity contribution in [2.75, 3.05) is 18.9 Å². The number of benzene rings is 1. The number of hydrogen-bond donors (Lipinski definition) is 3. The summed E-state index contributed by atoms with van der Waals surface area (Å²) >= 11 is 0. The maximum atomic E-state index is 13.4. The lowest BCUT2D eigenvalue weighted by molar-refractivity contribution is 0.254. The average Bonchev–Trinajstić information content (AvgIpc) is 2.40. The molecule has 0 heterocycles. The number of halogens is 1. The van der Waals surface area contributed by atoms with Crippen LogP contribution in [0.15, 0.2) is 17.0 Å². The molecule has 0 bridgehead atoms. The summed E-state index contributed by atoms with van der Waals surface area (Å²) in [4.78, 5) is -0.0484. The molecule has 20 heavy (non-hydrogen) atoms. The molecule has 0 radical (unpaired) electrons. The second kappa shape index (κ2) is 7.01. The summed E-state index contributed by atoms with van der Waals surface area (Å²) in [5, 5.41) is 8.88. The van der Waals surface area contributed by atoms with E-state index in [1.807, 2.05) is 6.92 Å². The highest BCUT2D eigenvalue weighted by Gasteiger charge is 2.18. The van der Waals surface area contributed by atoms with E-state index in [1.54, 1.807) is 0 Å². The number of rotatable bonds is 7. The number of nitrogens with two attached hydrogens (primary N) is 1. The molecule has 5 nitrogen and oxygen atoms in total. The Morgan fingerprint density at radius 3 is 2.60 bits per heavy atom. The molecular formula is C13H21FN2O3S. The van der Waals surface area contributed by atoms with E-state index < -0.39 is 15.8 Å². The van der Waals surface area contributed by atoms with Gasteiger partial charge < -0.3 is 10.8 Å². The number of aryl methyl sites for hydroxylation is 1. The number of hydrogen-bond acceptors (Lipinski definition) is 4. The summed E-state index contributed by atoms with van der Waals surface area (Å²) < 4.78 is 40.1. The molecule has 1 rings (SSSR count). The molecule has 114 valence electrons. The van der Waals surface area contributed by atoms with Crippen LogP contribution >= 0.6 is 0 Å². The van der Waals surface area contributed by atoms with Gasteiger partial charge in [-0.2, -0.15) is 0 Å². The van der Waals surface area contributed by atoms with E-state index >= 15 is 0 Å². The number of aliphatic hydroxyl groups excluding tert-OH is 1. The summed E-state index contributed by atoms with van der Waals surface area (Å²) in [5.41, 5.74) is 5.45. The van der Waals surface area contributed by atoms with Gasteiger partial charge in [-0.3, -0.25) is 0 Å². The van der Waals surface area contributed by atoms with Crippen molar-refractivity contribution in [1.29, 1.82) is 0 Å². The molecule has 0 spiro atoms. The second-order valence-electron chi connectivity index (χ2n) is 4.78. The van der Waals surface area contributed by atoms with Crippen molar-refractivity contribution in [3.63, 3.8) is 0 Å². The Kier molecular flexibility index (Phi) is 5.91. The van der Waals surface area contributed by atoms with E-state index in [0.29, 0.717) is 6.42 Å². The van der Waals surface area contributed by atoms with E-state index in [4.69, 9.17) is 10.8 Å². The number of nitrogens with one attached hydrogen (secondary N) is 1. The molecule has 0 amide bonds. The predicted octanol–water partition coefficient (Wildman–Crippen LogP) is 1.40. The van der Waals surface area contributed by atoms with Gasteiger partial charge in [0, 0.05) is 13.2 Å². The van der Waals surface area contributed by atoms with Crippen molar-refractivity contribution < 1.29 is 17.9 Å². The molecule has 1 atom stereocenters. The molecule has 7 heteroatoms. The van der Waals surface area contributed by atoms with Crippen molar-refractivity contribution >= 4 is 15.7 Å². The van der Waals surface area contributed by atoms with Crippen LogP contribution < -0.4 is 10.5 Å². The van der Waals surface area contributed by atoms with E-state index in [0.717, 1.165) is 12.5 Å². The van der Waals surface area contributed by atoms with Gasteiger partial charge >= 0.3 is 0 Å². The second-order valence-corrected chi connectivity index (χ2v) is 6.55. The third kappa shape index (κ3) is 4.16. The third-order valence-corrected chi connectivity index (χ3v) is 4.65. The number of anilines is 1. The molecule has 0 aliphatic heterocycles. The minimum atomic E-state index is -3.72. The Bertz CT molecular complexity index is 538. The number of nitrogen functional groups attached to an aromatic ring is 1. The van der Waals surface area contributed by atoms with Gasteiger partial charge in [0.15, 0.2) is 0 Å². The Balaban J connectivity index is 2.89. The summed E-state index contributed by atoms with van der Waals surface area (Å²) in [7, 11) is -3.72. The summed E-state index contributed by atoms with van der Waals surface area (Å²) in [6.45, 7) is 3.64. The van der Waals surface area contributed by atoms with Crippen molar-refractivity contribution in [3.8, 4) is 0 Å². The molecule has 4 N–H and O–H groups in total. The lowest BCUT2D eigenvalue weighted by Gasteiger charge is -2.15. The van der Waals surface area contributed by atoms with Crippen LogP contribution in [0.25, 0.3) is 0 Å². The fourth-order valence-corrected chi connectivity index (χ4v) is 3.10.